The van der Waals surface area contributed by atoms with Gasteiger partial charge in [0, 0.05) is 31.9 Å². The molecule has 0 aromatic heterocycles. The van der Waals surface area contributed by atoms with Crippen LogP contribution < -0.4 is 15.1 Å². The highest BCUT2D eigenvalue weighted by Crippen LogP contribution is 2.33. The third-order valence-electron chi connectivity index (χ3n) is 5.63. The summed E-state index contributed by atoms with van der Waals surface area (Å²) < 4.78 is 49.2. The molecule has 0 saturated carbocycles. The zero-order chi connectivity index (χ0) is 22.6. The Hall–Kier alpha value is -2.78. The lowest BCUT2D eigenvalue weighted by molar-refractivity contribution is -0.137. The molecule has 0 atom stereocenters. The van der Waals surface area contributed by atoms with Crippen molar-refractivity contribution in [1.82, 2.24) is 0 Å². The number of anilines is 3. The van der Waals surface area contributed by atoms with E-state index in [4.69, 9.17) is 9.47 Å². The average Bonchev–Trinajstić information content (AvgIpc) is 2.80. The predicted octanol–water partition coefficient (Wildman–Crippen LogP) is 3.56. The van der Waals surface area contributed by atoms with Crippen LogP contribution in [-0.4, -0.2) is 58.5 Å². The first-order valence-electron chi connectivity index (χ1n) is 10.7. The van der Waals surface area contributed by atoms with Crippen LogP contribution in [-0.2, 0) is 26.9 Å². The SMILES string of the molecule is O=C(Cc1ccc(C(F)(F)F)cc1)Nc1ccc(N2CCOCC2)cc1N1CCOCC1. The van der Waals surface area contributed by atoms with Crippen molar-refractivity contribution in [1.29, 1.82) is 0 Å². The van der Waals surface area contributed by atoms with Gasteiger partial charge in [0.1, 0.15) is 0 Å². The highest BCUT2D eigenvalue weighted by molar-refractivity contribution is 5.96. The molecule has 32 heavy (non-hydrogen) atoms. The minimum Gasteiger partial charge on any atom is -0.378 e. The lowest BCUT2D eigenvalue weighted by Crippen LogP contribution is -2.38. The molecule has 2 aliphatic heterocycles. The molecule has 2 heterocycles. The Balaban J connectivity index is 1.50. The molecular formula is C23H26F3N3O3. The molecule has 1 amide bonds. The lowest BCUT2D eigenvalue weighted by Gasteiger charge is -2.33. The van der Waals surface area contributed by atoms with E-state index < -0.39 is 11.7 Å². The van der Waals surface area contributed by atoms with Gasteiger partial charge in [-0.3, -0.25) is 4.79 Å². The minimum absolute atomic E-state index is 0.00803. The zero-order valence-electron chi connectivity index (χ0n) is 17.7. The van der Waals surface area contributed by atoms with Gasteiger partial charge in [-0.25, -0.2) is 0 Å². The van der Waals surface area contributed by atoms with Gasteiger partial charge in [0.25, 0.3) is 0 Å². The molecule has 0 radical (unpaired) electrons. The van der Waals surface area contributed by atoms with Gasteiger partial charge in [-0.15, -0.1) is 0 Å². The Labute approximate surface area is 184 Å². The summed E-state index contributed by atoms with van der Waals surface area (Å²) in [6.07, 6.45) is -4.40. The molecule has 2 aromatic rings. The summed E-state index contributed by atoms with van der Waals surface area (Å²) in [5, 5.41) is 2.94. The van der Waals surface area contributed by atoms with E-state index >= 15 is 0 Å². The van der Waals surface area contributed by atoms with Crippen molar-refractivity contribution in [3.8, 4) is 0 Å². The second kappa shape index (κ2) is 9.79. The van der Waals surface area contributed by atoms with Crippen LogP contribution >= 0.6 is 0 Å². The topological polar surface area (TPSA) is 54.0 Å². The van der Waals surface area contributed by atoms with Gasteiger partial charge in [0.2, 0.25) is 5.91 Å². The van der Waals surface area contributed by atoms with Crippen molar-refractivity contribution >= 4 is 23.0 Å². The van der Waals surface area contributed by atoms with Gasteiger partial charge in [-0.1, -0.05) is 12.1 Å². The maximum Gasteiger partial charge on any atom is 0.416 e. The van der Waals surface area contributed by atoms with Crippen molar-refractivity contribution in [2.24, 2.45) is 0 Å². The number of rotatable bonds is 5. The van der Waals surface area contributed by atoms with E-state index in [2.05, 4.69) is 21.2 Å². The van der Waals surface area contributed by atoms with E-state index in [1.165, 1.54) is 12.1 Å². The Morgan fingerprint density at radius 3 is 2.06 bits per heavy atom. The van der Waals surface area contributed by atoms with E-state index in [-0.39, 0.29) is 12.3 Å². The molecule has 2 fully saturated rings. The molecule has 4 rings (SSSR count). The summed E-state index contributed by atoms with van der Waals surface area (Å²) in [6, 6.07) is 10.6. The largest absolute Gasteiger partial charge is 0.416 e. The fourth-order valence-electron chi connectivity index (χ4n) is 3.90. The summed E-state index contributed by atoms with van der Waals surface area (Å²) in [7, 11) is 0. The number of alkyl halides is 3. The van der Waals surface area contributed by atoms with Gasteiger partial charge in [-0.05, 0) is 35.9 Å². The number of nitrogens with zero attached hydrogens (tertiary/aromatic N) is 2. The molecule has 0 spiro atoms. The van der Waals surface area contributed by atoms with Crippen molar-refractivity contribution in [2.75, 3.05) is 67.7 Å². The number of hydrogen-bond acceptors (Lipinski definition) is 5. The van der Waals surface area contributed by atoms with Crippen LogP contribution in [0.25, 0.3) is 0 Å². The average molecular weight is 449 g/mol. The number of nitrogens with one attached hydrogen (secondary N) is 1. The molecule has 2 aliphatic rings. The smallest absolute Gasteiger partial charge is 0.378 e. The van der Waals surface area contributed by atoms with Crippen LogP contribution in [0.3, 0.4) is 0 Å². The van der Waals surface area contributed by atoms with Crippen molar-refractivity contribution in [3.05, 3.63) is 53.6 Å². The van der Waals surface area contributed by atoms with E-state index in [1.807, 2.05) is 12.1 Å². The molecule has 9 heteroatoms. The molecule has 2 saturated heterocycles. The first-order valence-corrected chi connectivity index (χ1v) is 10.7. The molecule has 1 N–H and O–H groups in total. The van der Waals surface area contributed by atoms with E-state index in [0.717, 1.165) is 36.6 Å². The molecule has 0 unspecified atom stereocenters. The van der Waals surface area contributed by atoms with Crippen LogP contribution in [0, 0.1) is 0 Å². The Bertz CT molecular complexity index is 922. The quantitative estimate of drug-likeness (QED) is 0.757. The Morgan fingerprint density at radius 1 is 0.875 bits per heavy atom. The summed E-state index contributed by atoms with van der Waals surface area (Å²) in [4.78, 5) is 17.1. The van der Waals surface area contributed by atoms with Gasteiger partial charge in [0.15, 0.2) is 0 Å². The number of carbonyl (C=O) groups excluding carboxylic acids is 1. The summed E-state index contributed by atoms with van der Waals surface area (Å²) >= 11 is 0. The molecular weight excluding hydrogens is 423 g/mol. The van der Waals surface area contributed by atoms with E-state index in [1.54, 1.807) is 0 Å². The molecule has 0 aliphatic carbocycles. The number of amides is 1. The number of ether oxygens (including phenoxy) is 2. The van der Waals surface area contributed by atoms with Gasteiger partial charge < -0.3 is 24.6 Å². The van der Waals surface area contributed by atoms with Crippen LogP contribution in [0.2, 0.25) is 0 Å². The first kappa shape index (κ1) is 22.4. The van der Waals surface area contributed by atoms with E-state index in [9.17, 15) is 18.0 Å². The second-order valence-corrected chi connectivity index (χ2v) is 7.82. The maximum absolute atomic E-state index is 12.8. The summed E-state index contributed by atoms with van der Waals surface area (Å²) in [6.45, 7) is 5.63. The number of halogens is 3. The normalized spacial score (nSPS) is 17.3. The fraction of sp³-hybridized carbons (Fsp3) is 0.435. The molecule has 6 nitrogen and oxygen atoms in total. The number of benzene rings is 2. The highest BCUT2D eigenvalue weighted by atomic mass is 19.4. The summed E-state index contributed by atoms with van der Waals surface area (Å²) in [5.74, 6) is -0.279. The van der Waals surface area contributed by atoms with Crippen LogP contribution in [0.1, 0.15) is 11.1 Å². The second-order valence-electron chi connectivity index (χ2n) is 7.82. The van der Waals surface area contributed by atoms with E-state index in [0.29, 0.717) is 50.8 Å². The highest BCUT2D eigenvalue weighted by Gasteiger charge is 2.30. The van der Waals surface area contributed by atoms with Crippen LogP contribution in [0.5, 0.6) is 0 Å². The van der Waals surface area contributed by atoms with Crippen molar-refractivity contribution in [2.45, 2.75) is 12.6 Å². The first-order chi connectivity index (χ1) is 15.4. The Kier molecular flexibility index (Phi) is 6.86. The standard InChI is InChI=1S/C23H26F3N3O3/c24-23(25,26)18-3-1-17(2-4-18)15-22(30)27-20-6-5-19(28-7-11-31-12-8-28)16-21(20)29-9-13-32-14-10-29/h1-6,16H,7-15H2,(H,27,30). The summed E-state index contributed by atoms with van der Waals surface area (Å²) in [5.41, 5.74) is 2.46. The maximum atomic E-state index is 12.8. The predicted molar refractivity (Wildman–Crippen MR) is 116 cm³/mol. The number of morpholine rings is 2. The lowest BCUT2D eigenvalue weighted by atomic mass is 10.1. The number of carbonyl (C=O) groups is 1. The van der Waals surface area contributed by atoms with Gasteiger partial charge in [-0.2, -0.15) is 13.2 Å². The third-order valence-corrected chi connectivity index (χ3v) is 5.63. The Morgan fingerprint density at radius 2 is 1.47 bits per heavy atom. The molecule has 172 valence electrons. The minimum atomic E-state index is -4.39. The van der Waals surface area contributed by atoms with Crippen LogP contribution in [0.15, 0.2) is 42.5 Å². The monoisotopic (exact) mass is 449 g/mol. The van der Waals surface area contributed by atoms with Gasteiger partial charge >= 0.3 is 6.18 Å². The number of hydrogen-bond donors (Lipinski definition) is 1. The zero-order valence-corrected chi connectivity index (χ0v) is 17.7. The fourth-order valence-corrected chi connectivity index (χ4v) is 3.90. The molecule has 2 aromatic carbocycles. The van der Waals surface area contributed by atoms with Crippen LogP contribution in [0.4, 0.5) is 30.2 Å². The van der Waals surface area contributed by atoms with Gasteiger partial charge in [0.05, 0.1) is 49.8 Å². The van der Waals surface area contributed by atoms with Crippen molar-refractivity contribution < 1.29 is 27.4 Å². The third kappa shape index (κ3) is 5.52. The molecule has 0 bridgehead atoms. The van der Waals surface area contributed by atoms with Crippen molar-refractivity contribution in [3.63, 3.8) is 0 Å².